The summed E-state index contributed by atoms with van der Waals surface area (Å²) in [7, 11) is -1.000. The molecule has 0 bridgehead atoms. The lowest BCUT2D eigenvalue weighted by atomic mass is 10.2. The summed E-state index contributed by atoms with van der Waals surface area (Å²) in [4.78, 5) is 0. The van der Waals surface area contributed by atoms with Gasteiger partial charge in [0.1, 0.15) is 0 Å². The molecule has 0 saturated heterocycles. The predicted octanol–water partition coefficient (Wildman–Crippen LogP) is 4.42. The molecule has 0 radical (unpaired) electrons. The fraction of sp³-hybridized carbons (Fsp3) is 0.467. The van der Waals surface area contributed by atoms with Crippen LogP contribution in [-0.2, 0) is 11.3 Å². The monoisotopic (exact) mass is 248 g/mol. The van der Waals surface area contributed by atoms with Crippen molar-refractivity contribution < 1.29 is 4.74 Å². The standard InChI is InChI=1S/C15H24OSi/c1-17(2,3)13-9-5-8-12-16-14-15-10-6-4-7-11-15/h4,6-7,9-11,13H,5,8,12,14H2,1-3H3/b13-9+. The molecule has 1 aromatic carbocycles. The molecule has 0 N–H and O–H groups in total. The summed E-state index contributed by atoms with van der Waals surface area (Å²) in [5, 5.41) is 0. The molecule has 0 saturated carbocycles. The third-order valence-corrected chi connectivity index (χ3v) is 3.62. The van der Waals surface area contributed by atoms with E-state index in [-0.39, 0.29) is 0 Å². The fourth-order valence-corrected chi connectivity index (χ4v) is 2.38. The lowest BCUT2D eigenvalue weighted by Gasteiger charge is -2.08. The van der Waals surface area contributed by atoms with Crippen molar-refractivity contribution in [3.63, 3.8) is 0 Å². The summed E-state index contributed by atoms with van der Waals surface area (Å²) >= 11 is 0. The summed E-state index contributed by atoms with van der Waals surface area (Å²) in [6.07, 6.45) is 4.57. The second-order valence-electron chi connectivity index (χ2n) is 5.45. The van der Waals surface area contributed by atoms with E-state index < -0.39 is 8.07 Å². The lowest BCUT2D eigenvalue weighted by molar-refractivity contribution is 0.119. The highest BCUT2D eigenvalue weighted by atomic mass is 28.3. The topological polar surface area (TPSA) is 9.23 Å². The molecule has 0 aromatic heterocycles. The maximum atomic E-state index is 5.63. The molecule has 0 unspecified atom stereocenters. The molecule has 0 aliphatic rings. The third kappa shape index (κ3) is 7.94. The fourth-order valence-electron chi connectivity index (χ4n) is 1.50. The van der Waals surface area contributed by atoms with Gasteiger partial charge in [-0.1, -0.05) is 61.7 Å². The molecule has 0 aliphatic carbocycles. The van der Waals surface area contributed by atoms with Crippen LogP contribution < -0.4 is 0 Å². The van der Waals surface area contributed by atoms with Gasteiger partial charge in [0.2, 0.25) is 0 Å². The minimum atomic E-state index is -1.000. The van der Waals surface area contributed by atoms with E-state index in [1.807, 2.05) is 6.07 Å². The first-order chi connectivity index (χ1) is 8.08. The summed E-state index contributed by atoms with van der Waals surface area (Å²) < 4.78 is 5.63. The van der Waals surface area contributed by atoms with Crippen molar-refractivity contribution in [2.45, 2.75) is 39.1 Å². The molecule has 1 aromatic rings. The summed E-state index contributed by atoms with van der Waals surface area (Å²) in [6, 6.07) is 10.3. The number of allylic oxidation sites excluding steroid dienone is 1. The minimum Gasteiger partial charge on any atom is -0.377 e. The van der Waals surface area contributed by atoms with Gasteiger partial charge in [0.15, 0.2) is 0 Å². The van der Waals surface area contributed by atoms with Crippen molar-refractivity contribution in [2.24, 2.45) is 0 Å². The van der Waals surface area contributed by atoms with Crippen LogP contribution in [0, 0.1) is 0 Å². The van der Waals surface area contributed by atoms with Crippen LogP contribution in [0.3, 0.4) is 0 Å². The van der Waals surface area contributed by atoms with Crippen molar-refractivity contribution >= 4 is 8.07 Å². The number of rotatable bonds is 7. The molecule has 2 heteroatoms. The molecule has 94 valence electrons. The Morgan fingerprint density at radius 2 is 1.82 bits per heavy atom. The van der Waals surface area contributed by atoms with Crippen LogP contribution in [0.25, 0.3) is 0 Å². The molecular weight excluding hydrogens is 224 g/mol. The van der Waals surface area contributed by atoms with Gasteiger partial charge in [-0.2, -0.15) is 0 Å². The van der Waals surface area contributed by atoms with Gasteiger partial charge in [-0.25, -0.2) is 0 Å². The van der Waals surface area contributed by atoms with Crippen LogP contribution in [-0.4, -0.2) is 14.7 Å². The first-order valence-electron chi connectivity index (χ1n) is 6.37. The van der Waals surface area contributed by atoms with E-state index in [1.54, 1.807) is 0 Å². The summed E-state index contributed by atoms with van der Waals surface area (Å²) in [5.41, 5.74) is 3.66. The zero-order chi connectivity index (χ0) is 12.6. The maximum absolute atomic E-state index is 5.63. The van der Waals surface area contributed by atoms with Gasteiger partial charge in [0, 0.05) is 6.61 Å². The highest BCUT2D eigenvalue weighted by Gasteiger charge is 2.05. The van der Waals surface area contributed by atoms with Crippen LogP contribution in [0.15, 0.2) is 42.1 Å². The molecule has 0 aliphatic heterocycles. The number of ether oxygens (including phenoxy) is 1. The molecular formula is C15H24OSi. The van der Waals surface area contributed by atoms with Crippen molar-refractivity contribution in [1.29, 1.82) is 0 Å². The molecule has 0 heterocycles. The number of hydrogen-bond acceptors (Lipinski definition) is 1. The van der Waals surface area contributed by atoms with Gasteiger partial charge in [-0.3, -0.25) is 0 Å². The average Bonchev–Trinajstić information content (AvgIpc) is 2.28. The second kappa shape index (κ2) is 7.46. The molecule has 0 spiro atoms. The Balaban J connectivity index is 2.04. The van der Waals surface area contributed by atoms with E-state index in [4.69, 9.17) is 4.74 Å². The molecule has 1 rings (SSSR count). The molecule has 1 nitrogen and oxygen atoms in total. The quantitative estimate of drug-likeness (QED) is 0.513. The molecule has 0 amide bonds. The van der Waals surface area contributed by atoms with Crippen molar-refractivity contribution in [2.75, 3.05) is 6.61 Å². The Labute approximate surface area is 107 Å². The van der Waals surface area contributed by atoms with E-state index in [2.05, 4.69) is 55.7 Å². The average molecular weight is 248 g/mol. The smallest absolute Gasteiger partial charge is 0.0716 e. The molecule has 0 atom stereocenters. The first kappa shape index (κ1) is 14.2. The van der Waals surface area contributed by atoms with Crippen molar-refractivity contribution in [3.8, 4) is 0 Å². The highest BCUT2D eigenvalue weighted by molar-refractivity contribution is 6.80. The Morgan fingerprint density at radius 1 is 1.12 bits per heavy atom. The Hall–Kier alpha value is -0.863. The number of hydrogen-bond donors (Lipinski definition) is 0. The Morgan fingerprint density at radius 3 is 2.47 bits per heavy atom. The highest BCUT2D eigenvalue weighted by Crippen LogP contribution is 2.05. The van der Waals surface area contributed by atoms with E-state index in [0.717, 1.165) is 26.1 Å². The predicted molar refractivity (Wildman–Crippen MR) is 77.8 cm³/mol. The van der Waals surface area contributed by atoms with E-state index >= 15 is 0 Å². The van der Waals surface area contributed by atoms with Crippen molar-refractivity contribution in [1.82, 2.24) is 0 Å². The van der Waals surface area contributed by atoms with E-state index in [9.17, 15) is 0 Å². The van der Waals surface area contributed by atoms with Gasteiger partial charge in [-0.15, -0.1) is 0 Å². The van der Waals surface area contributed by atoms with Crippen LogP contribution in [0.1, 0.15) is 18.4 Å². The van der Waals surface area contributed by atoms with Crippen LogP contribution >= 0.6 is 0 Å². The Kier molecular flexibility index (Phi) is 6.23. The SMILES string of the molecule is C[Si](C)(C)/C=C/CCCOCc1ccccc1. The molecule has 17 heavy (non-hydrogen) atoms. The third-order valence-electron chi connectivity index (χ3n) is 2.39. The van der Waals surface area contributed by atoms with Gasteiger partial charge in [0.05, 0.1) is 14.7 Å². The van der Waals surface area contributed by atoms with Crippen LogP contribution in [0.5, 0.6) is 0 Å². The number of unbranched alkanes of at least 4 members (excludes halogenated alkanes) is 1. The van der Waals surface area contributed by atoms with Gasteiger partial charge < -0.3 is 4.74 Å². The summed E-state index contributed by atoms with van der Waals surface area (Å²) in [5.74, 6) is 0. The van der Waals surface area contributed by atoms with Gasteiger partial charge in [0.25, 0.3) is 0 Å². The second-order valence-corrected chi connectivity index (χ2v) is 10.5. The number of benzene rings is 1. The van der Waals surface area contributed by atoms with Gasteiger partial charge >= 0.3 is 0 Å². The van der Waals surface area contributed by atoms with Crippen LogP contribution in [0.2, 0.25) is 19.6 Å². The van der Waals surface area contributed by atoms with Crippen molar-refractivity contribution in [3.05, 3.63) is 47.7 Å². The normalized spacial score (nSPS) is 12.2. The minimum absolute atomic E-state index is 0.735. The largest absolute Gasteiger partial charge is 0.377 e. The zero-order valence-corrected chi connectivity index (χ0v) is 12.3. The summed E-state index contributed by atoms with van der Waals surface area (Å²) in [6.45, 7) is 8.66. The lowest BCUT2D eigenvalue weighted by Crippen LogP contribution is -2.15. The molecule has 0 fully saturated rings. The van der Waals surface area contributed by atoms with Gasteiger partial charge in [-0.05, 0) is 18.4 Å². The maximum Gasteiger partial charge on any atom is 0.0716 e. The Bertz CT molecular complexity index is 325. The van der Waals surface area contributed by atoms with Crippen LogP contribution in [0.4, 0.5) is 0 Å². The van der Waals surface area contributed by atoms with E-state index in [0.29, 0.717) is 0 Å². The zero-order valence-electron chi connectivity index (χ0n) is 11.3. The van der Waals surface area contributed by atoms with E-state index in [1.165, 1.54) is 5.56 Å². The first-order valence-corrected chi connectivity index (χ1v) is 9.95.